The van der Waals surface area contributed by atoms with Crippen LogP contribution in [-0.2, 0) is 19.8 Å². The van der Waals surface area contributed by atoms with Gasteiger partial charge in [0.15, 0.2) is 11.0 Å². The summed E-state index contributed by atoms with van der Waals surface area (Å²) >= 11 is 7.52. The number of para-hydroxylation sites is 1. The second kappa shape index (κ2) is 9.41. The number of benzene rings is 2. The van der Waals surface area contributed by atoms with Crippen LogP contribution in [0.1, 0.15) is 31.0 Å². The van der Waals surface area contributed by atoms with Crippen molar-refractivity contribution in [1.29, 1.82) is 0 Å². The number of thioether (sulfide) groups is 1. The van der Waals surface area contributed by atoms with E-state index in [0.29, 0.717) is 27.5 Å². The summed E-state index contributed by atoms with van der Waals surface area (Å²) in [4.78, 5) is 24.5. The first-order valence-corrected chi connectivity index (χ1v) is 11.8. The van der Waals surface area contributed by atoms with Gasteiger partial charge in [-0.3, -0.25) is 18.5 Å². The van der Waals surface area contributed by atoms with Gasteiger partial charge in [0, 0.05) is 42.2 Å². The summed E-state index contributed by atoms with van der Waals surface area (Å²) in [5.41, 5.74) is 2.97. The molecule has 0 amide bonds. The van der Waals surface area contributed by atoms with Crippen molar-refractivity contribution in [1.82, 2.24) is 23.9 Å². The Hall–Kier alpha value is -3.10. The molecule has 2 aromatic carbocycles. The van der Waals surface area contributed by atoms with Crippen LogP contribution in [0, 0.1) is 0 Å². The molecule has 0 aliphatic rings. The van der Waals surface area contributed by atoms with E-state index in [4.69, 9.17) is 11.6 Å². The Morgan fingerprint density at radius 3 is 2.36 bits per heavy atom. The Morgan fingerprint density at radius 2 is 1.67 bits per heavy atom. The van der Waals surface area contributed by atoms with Crippen LogP contribution in [0.3, 0.4) is 0 Å². The largest absolute Gasteiger partial charge is 0.330 e. The van der Waals surface area contributed by atoms with Crippen molar-refractivity contribution in [2.24, 2.45) is 14.1 Å². The van der Waals surface area contributed by atoms with Gasteiger partial charge in [-0.1, -0.05) is 55.4 Å². The molecule has 0 spiro atoms. The van der Waals surface area contributed by atoms with Gasteiger partial charge < -0.3 is 0 Å². The van der Waals surface area contributed by atoms with Gasteiger partial charge >= 0.3 is 5.69 Å². The molecule has 0 N–H and O–H groups in total. The topological polar surface area (TPSA) is 74.7 Å². The molecule has 0 fully saturated rings. The lowest BCUT2D eigenvalue weighted by Gasteiger charge is -2.17. The number of halogens is 1. The second-order valence-electron chi connectivity index (χ2n) is 8.03. The van der Waals surface area contributed by atoms with E-state index in [-0.39, 0.29) is 17.2 Å². The molecule has 0 aliphatic heterocycles. The monoisotopic (exact) mass is 481 g/mol. The SMILES string of the molecule is CC(C)c1ccccc1-n1c(SCc2cc(=O)n(C)c(=O)n2C)nnc1-c1ccc(Cl)cc1. The Balaban J connectivity index is 1.83. The van der Waals surface area contributed by atoms with Crippen molar-refractivity contribution >= 4 is 23.4 Å². The Bertz CT molecular complexity index is 1420. The molecule has 4 rings (SSSR count). The van der Waals surface area contributed by atoms with Gasteiger partial charge in [-0.15, -0.1) is 10.2 Å². The lowest BCUT2D eigenvalue weighted by molar-refractivity contribution is 0.664. The normalized spacial score (nSPS) is 11.3. The highest BCUT2D eigenvalue weighted by molar-refractivity contribution is 7.98. The summed E-state index contributed by atoms with van der Waals surface area (Å²) in [6.07, 6.45) is 0. The smallest absolute Gasteiger partial charge is 0.300 e. The molecule has 0 atom stereocenters. The molecule has 2 heterocycles. The van der Waals surface area contributed by atoms with Gasteiger partial charge in [0.05, 0.1) is 5.69 Å². The number of aromatic nitrogens is 5. The molecule has 0 radical (unpaired) electrons. The highest BCUT2D eigenvalue weighted by atomic mass is 35.5. The third-order valence-electron chi connectivity index (χ3n) is 5.51. The Labute approximate surface area is 200 Å². The lowest BCUT2D eigenvalue weighted by Crippen LogP contribution is -2.37. The van der Waals surface area contributed by atoms with E-state index < -0.39 is 0 Å². The minimum Gasteiger partial charge on any atom is -0.300 e. The van der Waals surface area contributed by atoms with E-state index in [2.05, 4.69) is 36.2 Å². The van der Waals surface area contributed by atoms with Crippen LogP contribution in [0.25, 0.3) is 17.1 Å². The summed E-state index contributed by atoms with van der Waals surface area (Å²) in [5.74, 6) is 1.38. The maximum atomic E-state index is 12.3. The second-order valence-corrected chi connectivity index (χ2v) is 9.40. The number of hydrogen-bond donors (Lipinski definition) is 0. The van der Waals surface area contributed by atoms with Crippen LogP contribution in [0.2, 0.25) is 5.02 Å². The zero-order valence-corrected chi connectivity index (χ0v) is 20.4. The predicted molar refractivity (Wildman–Crippen MR) is 132 cm³/mol. The number of nitrogens with zero attached hydrogens (tertiary/aromatic N) is 5. The van der Waals surface area contributed by atoms with Crippen molar-refractivity contribution < 1.29 is 0 Å². The highest BCUT2D eigenvalue weighted by Gasteiger charge is 2.20. The molecular weight excluding hydrogens is 458 g/mol. The zero-order valence-electron chi connectivity index (χ0n) is 18.8. The van der Waals surface area contributed by atoms with Crippen molar-refractivity contribution in [2.75, 3.05) is 0 Å². The van der Waals surface area contributed by atoms with E-state index >= 15 is 0 Å². The first-order chi connectivity index (χ1) is 15.8. The van der Waals surface area contributed by atoms with E-state index in [1.807, 2.05) is 41.0 Å². The van der Waals surface area contributed by atoms with Crippen molar-refractivity contribution in [3.8, 4) is 17.1 Å². The van der Waals surface area contributed by atoms with Gasteiger partial charge in [-0.05, 0) is 41.8 Å². The van der Waals surface area contributed by atoms with Crippen molar-refractivity contribution in [3.05, 3.63) is 91.7 Å². The maximum absolute atomic E-state index is 12.3. The van der Waals surface area contributed by atoms with Gasteiger partial charge in [0.2, 0.25) is 0 Å². The molecule has 9 heteroatoms. The first kappa shape index (κ1) is 23.1. The molecule has 2 aromatic heterocycles. The van der Waals surface area contributed by atoms with Crippen LogP contribution in [0.4, 0.5) is 0 Å². The maximum Gasteiger partial charge on any atom is 0.330 e. The quantitative estimate of drug-likeness (QED) is 0.381. The van der Waals surface area contributed by atoms with Crippen LogP contribution in [-0.4, -0.2) is 23.9 Å². The third-order valence-corrected chi connectivity index (χ3v) is 6.72. The zero-order chi connectivity index (χ0) is 23.7. The predicted octanol–water partition coefficient (Wildman–Crippen LogP) is 4.40. The van der Waals surface area contributed by atoms with Gasteiger partial charge in [-0.25, -0.2) is 4.79 Å². The molecular formula is C24H24ClN5O2S. The molecule has 4 aromatic rings. The summed E-state index contributed by atoms with van der Waals surface area (Å²) in [7, 11) is 3.13. The molecule has 0 aliphatic carbocycles. The van der Waals surface area contributed by atoms with Crippen molar-refractivity contribution in [2.45, 2.75) is 30.7 Å². The Kier molecular flexibility index (Phi) is 6.58. The first-order valence-electron chi connectivity index (χ1n) is 10.5. The summed E-state index contributed by atoms with van der Waals surface area (Å²) in [6.45, 7) is 4.29. The molecule has 0 bridgehead atoms. The summed E-state index contributed by atoms with van der Waals surface area (Å²) in [5, 5.41) is 10.3. The lowest BCUT2D eigenvalue weighted by atomic mass is 10.0. The minimum absolute atomic E-state index is 0.289. The van der Waals surface area contributed by atoms with Crippen LogP contribution < -0.4 is 11.2 Å². The van der Waals surface area contributed by atoms with Gasteiger partial charge in [-0.2, -0.15) is 0 Å². The summed E-state index contributed by atoms with van der Waals surface area (Å²) in [6, 6.07) is 17.1. The Morgan fingerprint density at radius 1 is 0.970 bits per heavy atom. The molecule has 0 unspecified atom stereocenters. The minimum atomic E-state index is -0.355. The van der Waals surface area contributed by atoms with E-state index in [1.54, 1.807) is 7.05 Å². The molecule has 0 saturated carbocycles. The van der Waals surface area contributed by atoms with E-state index in [1.165, 1.54) is 29.4 Å². The van der Waals surface area contributed by atoms with Gasteiger partial charge in [0.25, 0.3) is 5.56 Å². The fraction of sp³-hybridized carbons (Fsp3) is 0.250. The van der Waals surface area contributed by atoms with Gasteiger partial charge in [0.1, 0.15) is 0 Å². The molecule has 7 nitrogen and oxygen atoms in total. The fourth-order valence-corrected chi connectivity index (χ4v) is 4.69. The van der Waals surface area contributed by atoms with Crippen LogP contribution >= 0.6 is 23.4 Å². The molecule has 170 valence electrons. The average Bonchev–Trinajstić information content (AvgIpc) is 3.23. The van der Waals surface area contributed by atoms with E-state index in [0.717, 1.165) is 21.4 Å². The van der Waals surface area contributed by atoms with Crippen LogP contribution in [0.15, 0.2) is 69.3 Å². The third kappa shape index (κ3) is 4.54. The fourth-order valence-electron chi connectivity index (χ4n) is 3.60. The van der Waals surface area contributed by atoms with Crippen LogP contribution in [0.5, 0.6) is 0 Å². The standard InChI is InChI=1S/C24H24ClN5O2S/c1-15(2)19-7-5-6-8-20(19)30-22(16-9-11-17(25)12-10-16)26-27-23(30)33-14-18-13-21(31)29(4)24(32)28(18)3/h5-13,15H,14H2,1-4H3. The highest BCUT2D eigenvalue weighted by Crippen LogP contribution is 2.33. The average molecular weight is 482 g/mol. The number of hydrogen-bond acceptors (Lipinski definition) is 5. The number of rotatable bonds is 6. The molecule has 33 heavy (non-hydrogen) atoms. The van der Waals surface area contributed by atoms with Crippen molar-refractivity contribution in [3.63, 3.8) is 0 Å². The van der Waals surface area contributed by atoms with E-state index in [9.17, 15) is 9.59 Å². The molecule has 0 saturated heterocycles. The summed E-state index contributed by atoms with van der Waals surface area (Å²) < 4.78 is 4.61.